The largest absolute Gasteiger partial charge is 0.0959 e. The second kappa shape index (κ2) is 9.88. The molecule has 0 atom stereocenters. The summed E-state index contributed by atoms with van der Waals surface area (Å²) in [4.78, 5) is 0.591. The summed E-state index contributed by atoms with van der Waals surface area (Å²) in [6.07, 6.45) is 5.87. The van der Waals surface area contributed by atoms with Crippen LogP contribution in [0.4, 0.5) is 0 Å². The highest BCUT2D eigenvalue weighted by Gasteiger charge is 2.37. The molecule has 0 nitrogen and oxygen atoms in total. The van der Waals surface area contributed by atoms with Crippen LogP contribution in [0.15, 0.2) is 0 Å². The van der Waals surface area contributed by atoms with Gasteiger partial charge in [-0.2, -0.15) is 0 Å². The average molecular weight is 332 g/mol. The molecular formula is C19H42P2. The molecule has 0 rings (SSSR count). The summed E-state index contributed by atoms with van der Waals surface area (Å²) < 4.78 is 0. The van der Waals surface area contributed by atoms with Gasteiger partial charge < -0.3 is 0 Å². The third-order valence-corrected chi connectivity index (χ3v) is 13.4. The molecule has 0 bridgehead atoms. The zero-order valence-electron chi connectivity index (χ0n) is 16.5. The predicted molar refractivity (Wildman–Crippen MR) is 107 cm³/mol. The zero-order chi connectivity index (χ0) is 16.8. The second-order valence-electron chi connectivity index (χ2n) is 8.88. The van der Waals surface area contributed by atoms with E-state index in [1.807, 2.05) is 0 Å². The van der Waals surface area contributed by atoms with E-state index >= 15 is 0 Å². The monoisotopic (exact) mass is 332 g/mol. The lowest BCUT2D eigenvalue weighted by Crippen LogP contribution is -2.26. The summed E-state index contributed by atoms with van der Waals surface area (Å²) in [5.41, 5.74) is 0. The maximum atomic E-state index is 2.62. The van der Waals surface area contributed by atoms with Crippen molar-refractivity contribution in [3.8, 4) is 0 Å². The van der Waals surface area contributed by atoms with E-state index in [0.717, 1.165) is 23.7 Å². The Balaban J connectivity index is 5.22. The van der Waals surface area contributed by atoms with Crippen LogP contribution >= 0.6 is 15.8 Å². The van der Waals surface area contributed by atoms with Crippen molar-refractivity contribution in [2.75, 3.05) is 24.6 Å². The topological polar surface area (TPSA) is 0 Å². The molecule has 21 heavy (non-hydrogen) atoms. The molecule has 0 N–H and O–H groups in total. The molecule has 0 saturated heterocycles. The van der Waals surface area contributed by atoms with Crippen molar-refractivity contribution in [2.24, 2.45) is 23.7 Å². The van der Waals surface area contributed by atoms with Crippen LogP contribution < -0.4 is 0 Å². The quantitative estimate of drug-likeness (QED) is 0.368. The van der Waals surface area contributed by atoms with Crippen molar-refractivity contribution in [2.45, 2.75) is 74.1 Å². The van der Waals surface area contributed by atoms with Crippen molar-refractivity contribution in [1.29, 1.82) is 0 Å². The third kappa shape index (κ3) is 8.91. The van der Waals surface area contributed by atoms with Crippen LogP contribution in [0.1, 0.15) is 69.2 Å². The van der Waals surface area contributed by atoms with E-state index < -0.39 is 0 Å². The first kappa shape index (κ1) is 21.9. The van der Waals surface area contributed by atoms with Crippen LogP contribution in [0.25, 0.3) is 0 Å². The zero-order valence-corrected chi connectivity index (χ0v) is 18.3. The van der Waals surface area contributed by atoms with Gasteiger partial charge in [-0.05, 0) is 48.3 Å². The van der Waals surface area contributed by atoms with E-state index in [4.69, 9.17) is 0 Å². The normalized spacial score (nSPS) is 13.7. The summed E-state index contributed by atoms with van der Waals surface area (Å²) in [6.45, 7) is 24.6. The standard InChI is InChI=1S/C19H42P2/c1-15(2)11-20(12-16(3)4)19(9,10)21(13-17(5)6)14-18(7)8/h15-18H,11-14H2,1-10H3. The fourth-order valence-corrected chi connectivity index (χ4v) is 11.2. The first-order valence-electron chi connectivity index (χ1n) is 8.96. The van der Waals surface area contributed by atoms with Gasteiger partial charge in [0.2, 0.25) is 0 Å². The van der Waals surface area contributed by atoms with Gasteiger partial charge in [-0.15, -0.1) is 0 Å². The van der Waals surface area contributed by atoms with Crippen LogP contribution in [0, 0.1) is 23.7 Å². The molecule has 0 saturated carbocycles. The maximum Gasteiger partial charge on any atom is 0.00500 e. The summed E-state index contributed by atoms with van der Waals surface area (Å²) in [5.74, 6) is 3.40. The Bertz CT molecular complexity index is 221. The van der Waals surface area contributed by atoms with E-state index in [1.165, 1.54) is 24.6 Å². The summed E-state index contributed by atoms with van der Waals surface area (Å²) >= 11 is 0. The van der Waals surface area contributed by atoms with Crippen LogP contribution in [0.2, 0.25) is 0 Å². The molecule has 0 fully saturated rings. The summed E-state index contributed by atoms with van der Waals surface area (Å²) in [7, 11) is 0.291. The van der Waals surface area contributed by atoms with E-state index in [-0.39, 0.29) is 15.8 Å². The van der Waals surface area contributed by atoms with E-state index in [2.05, 4.69) is 69.2 Å². The van der Waals surface area contributed by atoms with Crippen LogP contribution in [0.3, 0.4) is 0 Å². The van der Waals surface area contributed by atoms with Crippen LogP contribution in [-0.2, 0) is 0 Å². The van der Waals surface area contributed by atoms with Gasteiger partial charge in [0.15, 0.2) is 0 Å². The van der Waals surface area contributed by atoms with E-state index in [1.54, 1.807) is 0 Å². The molecule has 0 aromatic heterocycles. The maximum absolute atomic E-state index is 2.62. The van der Waals surface area contributed by atoms with Crippen molar-refractivity contribution in [3.63, 3.8) is 0 Å². The minimum Gasteiger partial charge on any atom is -0.0959 e. The van der Waals surface area contributed by atoms with Crippen molar-refractivity contribution in [1.82, 2.24) is 0 Å². The average Bonchev–Trinajstić information content (AvgIpc) is 2.24. The Hall–Kier alpha value is 0.860. The molecule has 0 heterocycles. The van der Waals surface area contributed by atoms with Gasteiger partial charge in [0.05, 0.1) is 0 Å². The molecule has 128 valence electrons. The Morgan fingerprint density at radius 1 is 0.524 bits per heavy atom. The highest BCUT2D eigenvalue weighted by molar-refractivity contribution is 7.77. The Labute approximate surface area is 138 Å². The lowest BCUT2D eigenvalue weighted by Gasteiger charge is -2.45. The SMILES string of the molecule is CC(C)CP(CC(C)C)C(C)(C)P(CC(C)C)CC(C)C. The first-order chi connectivity index (χ1) is 9.46. The van der Waals surface area contributed by atoms with Crippen molar-refractivity contribution < 1.29 is 0 Å². The third-order valence-electron chi connectivity index (χ3n) is 3.89. The highest BCUT2D eigenvalue weighted by atomic mass is 31.2. The minimum atomic E-state index is 0.145. The van der Waals surface area contributed by atoms with Gasteiger partial charge in [-0.3, -0.25) is 0 Å². The van der Waals surface area contributed by atoms with E-state index in [0.29, 0.717) is 4.90 Å². The van der Waals surface area contributed by atoms with Gasteiger partial charge in [0.1, 0.15) is 0 Å². The highest BCUT2D eigenvalue weighted by Crippen LogP contribution is 2.68. The Morgan fingerprint density at radius 3 is 0.857 bits per heavy atom. The van der Waals surface area contributed by atoms with Gasteiger partial charge in [-0.25, -0.2) is 0 Å². The fraction of sp³-hybridized carbons (Fsp3) is 1.00. The Kier molecular flexibility index (Phi) is 10.3. The summed E-state index contributed by atoms with van der Waals surface area (Å²) in [5, 5.41) is 0. The predicted octanol–water partition coefficient (Wildman–Crippen LogP) is 7.31. The molecule has 0 aromatic rings. The molecule has 0 aliphatic rings. The molecule has 0 unspecified atom stereocenters. The van der Waals surface area contributed by atoms with Crippen molar-refractivity contribution >= 4 is 15.8 Å². The number of rotatable bonds is 10. The first-order valence-corrected chi connectivity index (χ1v) is 12.4. The van der Waals surface area contributed by atoms with Gasteiger partial charge in [0.25, 0.3) is 0 Å². The molecule has 0 amide bonds. The second-order valence-corrected chi connectivity index (χ2v) is 15.1. The smallest absolute Gasteiger partial charge is 0.00500 e. The fourth-order valence-electron chi connectivity index (χ4n) is 3.01. The van der Waals surface area contributed by atoms with Gasteiger partial charge in [-0.1, -0.05) is 85.1 Å². The van der Waals surface area contributed by atoms with Gasteiger partial charge >= 0.3 is 0 Å². The minimum absolute atomic E-state index is 0.145. The molecule has 0 spiro atoms. The molecule has 0 aliphatic heterocycles. The van der Waals surface area contributed by atoms with Crippen LogP contribution in [-0.4, -0.2) is 29.5 Å². The molecule has 0 aliphatic carbocycles. The van der Waals surface area contributed by atoms with Gasteiger partial charge in [0, 0.05) is 4.90 Å². The van der Waals surface area contributed by atoms with Crippen LogP contribution in [0.5, 0.6) is 0 Å². The molecule has 2 heteroatoms. The molecular weight excluding hydrogens is 290 g/mol. The molecule has 0 radical (unpaired) electrons. The summed E-state index contributed by atoms with van der Waals surface area (Å²) in [6, 6.07) is 0. The lowest BCUT2D eigenvalue weighted by molar-refractivity contribution is 0.694. The lowest BCUT2D eigenvalue weighted by atomic mass is 10.3. The van der Waals surface area contributed by atoms with E-state index in [9.17, 15) is 0 Å². The Morgan fingerprint density at radius 2 is 0.714 bits per heavy atom. The van der Waals surface area contributed by atoms with Crippen molar-refractivity contribution in [3.05, 3.63) is 0 Å². The molecule has 0 aromatic carbocycles. The number of hydrogen-bond donors (Lipinski definition) is 0. The number of hydrogen-bond acceptors (Lipinski definition) is 0.